The van der Waals surface area contributed by atoms with Crippen molar-refractivity contribution >= 4 is 11.8 Å². The molecule has 2 amide bonds. The lowest BCUT2D eigenvalue weighted by molar-refractivity contribution is -0.132. The molecular formula is C17H17FN2O3. The lowest BCUT2D eigenvalue weighted by Gasteiger charge is -2.18. The number of carbonyl (C=O) groups is 2. The summed E-state index contributed by atoms with van der Waals surface area (Å²) in [6, 6.07) is 12.4. The molecule has 2 aromatic rings. The van der Waals surface area contributed by atoms with E-state index in [1.54, 1.807) is 37.4 Å². The fourth-order valence-corrected chi connectivity index (χ4v) is 2.00. The minimum atomic E-state index is -0.618. The number of rotatable bonds is 6. The van der Waals surface area contributed by atoms with Crippen molar-refractivity contribution < 1.29 is 18.7 Å². The molecule has 2 rings (SSSR count). The summed E-state index contributed by atoms with van der Waals surface area (Å²) in [5.74, 6) is -0.945. The number of ether oxygens (including phenoxy) is 1. The van der Waals surface area contributed by atoms with E-state index < -0.39 is 5.91 Å². The van der Waals surface area contributed by atoms with Gasteiger partial charge in [0.2, 0.25) is 0 Å². The number of amides is 2. The van der Waals surface area contributed by atoms with Gasteiger partial charge in [0.15, 0.2) is 6.61 Å². The molecule has 0 radical (unpaired) electrons. The van der Waals surface area contributed by atoms with E-state index in [1.807, 2.05) is 0 Å². The van der Waals surface area contributed by atoms with Gasteiger partial charge in [0.1, 0.15) is 11.6 Å². The standard InChI is InChI=1S/C17H17FN2O3/c1-20(10-12-6-8-13(18)9-7-12)16(21)11-23-15-5-3-2-4-14(15)17(19)22/h2-9H,10-11H2,1H3,(H2,19,22). The SMILES string of the molecule is CN(Cc1ccc(F)cc1)C(=O)COc1ccccc1C(N)=O. The molecule has 0 aliphatic carbocycles. The van der Waals surface area contributed by atoms with E-state index in [2.05, 4.69) is 0 Å². The molecule has 120 valence electrons. The van der Waals surface area contributed by atoms with E-state index in [1.165, 1.54) is 23.1 Å². The van der Waals surface area contributed by atoms with Crippen LogP contribution < -0.4 is 10.5 Å². The smallest absolute Gasteiger partial charge is 0.260 e. The highest BCUT2D eigenvalue weighted by Gasteiger charge is 2.13. The Morgan fingerprint density at radius 2 is 1.78 bits per heavy atom. The Bertz CT molecular complexity index is 701. The number of nitrogens with two attached hydrogens (primary N) is 1. The van der Waals surface area contributed by atoms with Crippen molar-refractivity contribution in [1.82, 2.24) is 4.90 Å². The van der Waals surface area contributed by atoms with E-state index in [0.717, 1.165) is 5.56 Å². The summed E-state index contributed by atoms with van der Waals surface area (Å²) in [6.45, 7) is 0.113. The van der Waals surface area contributed by atoms with Gasteiger partial charge in [-0.1, -0.05) is 24.3 Å². The lowest BCUT2D eigenvalue weighted by atomic mass is 10.2. The van der Waals surface area contributed by atoms with E-state index in [9.17, 15) is 14.0 Å². The van der Waals surface area contributed by atoms with Crippen molar-refractivity contribution in [1.29, 1.82) is 0 Å². The molecule has 0 saturated heterocycles. The molecule has 2 aromatic carbocycles. The summed E-state index contributed by atoms with van der Waals surface area (Å²) in [7, 11) is 1.62. The number of hydrogen-bond acceptors (Lipinski definition) is 3. The summed E-state index contributed by atoms with van der Waals surface area (Å²) in [6.07, 6.45) is 0. The van der Waals surface area contributed by atoms with Crippen LogP contribution in [0.2, 0.25) is 0 Å². The number of likely N-dealkylation sites (N-methyl/N-ethyl adjacent to an activating group) is 1. The monoisotopic (exact) mass is 316 g/mol. The zero-order valence-electron chi connectivity index (χ0n) is 12.7. The fraction of sp³-hybridized carbons (Fsp3) is 0.176. The summed E-state index contributed by atoms with van der Waals surface area (Å²) >= 11 is 0. The number of benzene rings is 2. The summed E-state index contributed by atoms with van der Waals surface area (Å²) in [4.78, 5) is 24.8. The van der Waals surface area contributed by atoms with Gasteiger partial charge in [-0.05, 0) is 29.8 Å². The maximum Gasteiger partial charge on any atom is 0.260 e. The fourth-order valence-electron chi connectivity index (χ4n) is 2.00. The van der Waals surface area contributed by atoms with Gasteiger partial charge in [0, 0.05) is 13.6 Å². The Hall–Kier alpha value is -2.89. The van der Waals surface area contributed by atoms with Crippen LogP contribution in [0.3, 0.4) is 0 Å². The summed E-state index contributed by atoms with van der Waals surface area (Å²) in [5.41, 5.74) is 6.28. The molecule has 0 heterocycles. The Balaban J connectivity index is 1.94. The second-order valence-electron chi connectivity index (χ2n) is 5.03. The van der Waals surface area contributed by atoms with Crippen molar-refractivity contribution in [2.45, 2.75) is 6.54 Å². The van der Waals surface area contributed by atoms with Gasteiger partial charge in [-0.3, -0.25) is 9.59 Å². The molecule has 0 bridgehead atoms. The molecule has 0 fully saturated rings. The van der Waals surface area contributed by atoms with Crippen LogP contribution in [0.1, 0.15) is 15.9 Å². The number of carbonyl (C=O) groups excluding carboxylic acids is 2. The van der Waals surface area contributed by atoms with Gasteiger partial charge >= 0.3 is 0 Å². The van der Waals surface area contributed by atoms with Crippen LogP contribution in [-0.4, -0.2) is 30.4 Å². The number of halogens is 1. The van der Waals surface area contributed by atoms with Crippen molar-refractivity contribution in [3.05, 3.63) is 65.5 Å². The van der Waals surface area contributed by atoms with Gasteiger partial charge in [-0.15, -0.1) is 0 Å². The van der Waals surface area contributed by atoms with Crippen LogP contribution in [0.15, 0.2) is 48.5 Å². The van der Waals surface area contributed by atoms with E-state index in [4.69, 9.17) is 10.5 Å². The van der Waals surface area contributed by atoms with E-state index in [0.29, 0.717) is 6.54 Å². The Labute approximate surface area is 133 Å². The number of hydrogen-bond donors (Lipinski definition) is 1. The molecule has 6 heteroatoms. The molecule has 5 nitrogen and oxygen atoms in total. The molecule has 0 aliphatic rings. The molecule has 0 aromatic heterocycles. The van der Waals surface area contributed by atoms with E-state index >= 15 is 0 Å². The first kappa shape index (κ1) is 16.5. The molecule has 0 spiro atoms. The predicted octanol–water partition coefficient (Wildman–Crippen LogP) is 1.96. The topological polar surface area (TPSA) is 72.6 Å². The number of nitrogens with zero attached hydrogens (tertiary/aromatic N) is 1. The minimum absolute atomic E-state index is 0.220. The van der Waals surface area contributed by atoms with E-state index in [-0.39, 0.29) is 29.6 Å². The third-order valence-corrected chi connectivity index (χ3v) is 3.26. The van der Waals surface area contributed by atoms with Crippen molar-refractivity contribution in [2.24, 2.45) is 5.73 Å². The van der Waals surface area contributed by atoms with Crippen LogP contribution in [0.4, 0.5) is 4.39 Å². The Morgan fingerprint density at radius 3 is 2.43 bits per heavy atom. The first-order valence-electron chi connectivity index (χ1n) is 6.97. The average molecular weight is 316 g/mol. The zero-order chi connectivity index (χ0) is 16.8. The maximum atomic E-state index is 12.9. The number of para-hydroxylation sites is 1. The summed E-state index contributed by atoms with van der Waals surface area (Å²) < 4.78 is 18.2. The van der Waals surface area contributed by atoms with Crippen LogP contribution in [-0.2, 0) is 11.3 Å². The molecule has 0 unspecified atom stereocenters. The predicted molar refractivity (Wildman–Crippen MR) is 83.3 cm³/mol. The van der Waals surface area contributed by atoms with Crippen LogP contribution in [0.25, 0.3) is 0 Å². The largest absolute Gasteiger partial charge is 0.483 e. The molecule has 23 heavy (non-hydrogen) atoms. The van der Waals surface area contributed by atoms with Crippen LogP contribution >= 0.6 is 0 Å². The third kappa shape index (κ3) is 4.54. The first-order chi connectivity index (χ1) is 11.0. The first-order valence-corrected chi connectivity index (χ1v) is 6.97. The molecular weight excluding hydrogens is 299 g/mol. The van der Waals surface area contributed by atoms with Crippen molar-refractivity contribution in [2.75, 3.05) is 13.7 Å². The zero-order valence-corrected chi connectivity index (χ0v) is 12.7. The second kappa shape index (κ2) is 7.40. The van der Waals surface area contributed by atoms with Gasteiger partial charge in [-0.25, -0.2) is 4.39 Å². The van der Waals surface area contributed by atoms with Crippen molar-refractivity contribution in [3.63, 3.8) is 0 Å². The Morgan fingerprint density at radius 1 is 1.13 bits per heavy atom. The molecule has 0 saturated carbocycles. The van der Waals surface area contributed by atoms with Crippen LogP contribution in [0, 0.1) is 5.82 Å². The quantitative estimate of drug-likeness (QED) is 0.885. The minimum Gasteiger partial charge on any atom is -0.483 e. The highest BCUT2D eigenvalue weighted by atomic mass is 19.1. The summed E-state index contributed by atoms with van der Waals surface area (Å²) in [5, 5.41) is 0. The van der Waals surface area contributed by atoms with Gasteiger partial charge in [-0.2, -0.15) is 0 Å². The van der Waals surface area contributed by atoms with Gasteiger partial charge in [0.05, 0.1) is 5.56 Å². The highest BCUT2D eigenvalue weighted by Crippen LogP contribution is 2.17. The molecule has 2 N–H and O–H groups in total. The van der Waals surface area contributed by atoms with Crippen molar-refractivity contribution in [3.8, 4) is 5.75 Å². The number of primary amides is 1. The lowest BCUT2D eigenvalue weighted by Crippen LogP contribution is -2.31. The van der Waals surface area contributed by atoms with Gasteiger partial charge < -0.3 is 15.4 Å². The maximum absolute atomic E-state index is 12.9. The second-order valence-corrected chi connectivity index (χ2v) is 5.03. The highest BCUT2D eigenvalue weighted by molar-refractivity contribution is 5.95. The third-order valence-electron chi connectivity index (χ3n) is 3.26. The van der Waals surface area contributed by atoms with Crippen LogP contribution in [0.5, 0.6) is 5.75 Å². The molecule has 0 atom stereocenters. The average Bonchev–Trinajstić information content (AvgIpc) is 2.54. The van der Waals surface area contributed by atoms with Gasteiger partial charge in [0.25, 0.3) is 11.8 Å². The molecule has 0 aliphatic heterocycles. The normalized spacial score (nSPS) is 10.2. The Kier molecular flexibility index (Phi) is 5.30.